The van der Waals surface area contributed by atoms with E-state index in [-0.39, 0.29) is 0 Å². The van der Waals surface area contributed by atoms with E-state index < -0.39 is 0 Å². The lowest BCUT2D eigenvalue weighted by molar-refractivity contribution is 0.223. The Bertz CT molecular complexity index is 843. The molecule has 0 radical (unpaired) electrons. The van der Waals surface area contributed by atoms with Crippen molar-refractivity contribution in [2.45, 2.75) is 45.7 Å². The van der Waals surface area contributed by atoms with E-state index in [1.54, 1.807) is 0 Å². The quantitative estimate of drug-likeness (QED) is 0.637. The second-order valence-electron chi connectivity index (χ2n) is 7.52. The molecule has 3 heterocycles. The minimum Gasteiger partial charge on any atom is -0.330 e. The van der Waals surface area contributed by atoms with Crippen LogP contribution in [-0.4, -0.2) is 43.9 Å². The largest absolute Gasteiger partial charge is 0.330 e. The summed E-state index contributed by atoms with van der Waals surface area (Å²) in [6, 6.07) is 10.5. The van der Waals surface area contributed by atoms with E-state index in [2.05, 4.69) is 55.4 Å². The average Bonchev–Trinajstić information content (AvgIpc) is 3.30. The Hall–Kier alpha value is -2.40. The third kappa shape index (κ3) is 4.30. The third-order valence-corrected chi connectivity index (χ3v) is 5.59. The van der Waals surface area contributed by atoms with Crippen LogP contribution in [0.1, 0.15) is 36.9 Å². The third-order valence-electron chi connectivity index (χ3n) is 5.59. The maximum absolute atomic E-state index is 4.63. The van der Waals surface area contributed by atoms with Gasteiger partial charge in [-0.2, -0.15) is 5.10 Å². The Morgan fingerprint density at radius 2 is 1.78 bits per heavy atom. The summed E-state index contributed by atoms with van der Waals surface area (Å²) in [5.74, 6) is 0. The SMILES string of the molecule is Cc1c(-c2cncn2CCCN2CCCCC2)cnn1Cc1ccccc1. The highest BCUT2D eigenvalue weighted by Gasteiger charge is 2.14. The second-order valence-corrected chi connectivity index (χ2v) is 7.52. The lowest BCUT2D eigenvalue weighted by Gasteiger charge is -2.26. The predicted octanol–water partition coefficient (Wildman–Crippen LogP) is 3.98. The number of likely N-dealkylation sites (tertiary alicyclic amines) is 1. The normalized spacial score (nSPS) is 15.3. The maximum atomic E-state index is 4.63. The zero-order valence-corrected chi connectivity index (χ0v) is 16.2. The fourth-order valence-corrected chi connectivity index (χ4v) is 3.98. The zero-order valence-electron chi connectivity index (χ0n) is 16.2. The first-order chi connectivity index (χ1) is 13.3. The van der Waals surface area contributed by atoms with Crippen molar-refractivity contribution in [3.05, 3.63) is 60.3 Å². The molecule has 1 aliphatic heterocycles. The number of benzene rings is 1. The Labute approximate surface area is 161 Å². The van der Waals surface area contributed by atoms with Crippen LogP contribution in [0, 0.1) is 6.92 Å². The highest BCUT2D eigenvalue weighted by Crippen LogP contribution is 2.24. The van der Waals surface area contributed by atoms with E-state index >= 15 is 0 Å². The van der Waals surface area contributed by atoms with E-state index in [9.17, 15) is 0 Å². The maximum Gasteiger partial charge on any atom is 0.0950 e. The van der Waals surface area contributed by atoms with Gasteiger partial charge in [-0.05, 0) is 51.4 Å². The summed E-state index contributed by atoms with van der Waals surface area (Å²) >= 11 is 0. The summed E-state index contributed by atoms with van der Waals surface area (Å²) in [4.78, 5) is 7.01. The smallest absolute Gasteiger partial charge is 0.0950 e. The molecule has 0 amide bonds. The van der Waals surface area contributed by atoms with Gasteiger partial charge in [0, 0.05) is 17.8 Å². The topological polar surface area (TPSA) is 38.9 Å². The number of piperidine rings is 1. The number of hydrogen-bond acceptors (Lipinski definition) is 3. The van der Waals surface area contributed by atoms with Crippen LogP contribution in [0.5, 0.6) is 0 Å². The predicted molar refractivity (Wildman–Crippen MR) is 109 cm³/mol. The number of hydrogen-bond donors (Lipinski definition) is 0. The molecule has 0 spiro atoms. The summed E-state index contributed by atoms with van der Waals surface area (Å²) in [6.45, 7) is 7.68. The fourth-order valence-electron chi connectivity index (χ4n) is 3.98. The van der Waals surface area contributed by atoms with Crippen molar-refractivity contribution in [1.29, 1.82) is 0 Å². The van der Waals surface area contributed by atoms with E-state index in [0.29, 0.717) is 0 Å². The zero-order chi connectivity index (χ0) is 18.5. The molecule has 142 valence electrons. The van der Waals surface area contributed by atoms with E-state index in [1.165, 1.54) is 67.8 Å². The molecule has 0 atom stereocenters. The van der Waals surface area contributed by atoms with Crippen LogP contribution in [0.25, 0.3) is 11.3 Å². The molecule has 3 aromatic rings. The first-order valence-corrected chi connectivity index (χ1v) is 10.1. The molecule has 27 heavy (non-hydrogen) atoms. The summed E-state index contributed by atoms with van der Waals surface area (Å²) in [7, 11) is 0. The molecule has 2 aromatic heterocycles. The molecular formula is C22H29N5. The van der Waals surface area contributed by atoms with Crippen LogP contribution in [0.15, 0.2) is 49.1 Å². The first-order valence-electron chi connectivity index (χ1n) is 10.1. The lowest BCUT2D eigenvalue weighted by atomic mass is 10.1. The highest BCUT2D eigenvalue weighted by atomic mass is 15.3. The average molecular weight is 364 g/mol. The van der Waals surface area contributed by atoms with Crippen molar-refractivity contribution in [2.24, 2.45) is 0 Å². The van der Waals surface area contributed by atoms with E-state index in [4.69, 9.17) is 0 Å². The summed E-state index contributed by atoms with van der Waals surface area (Å²) in [5, 5.41) is 4.63. The van der Waals surface area contributed by atoms with Crippen molar-refractivity contribution in [1.82, 2.24) is 24.2 Å². The van der Waals surface area contributed by atoms with Crippen LogP contribution >= 0.6 is 0 Å². The van der Waals surface area contributed by atoms with Crippen molar-refractivity contribution in [2.75, 3.05) is 19.6 Å². The van der Waals surface area contributed by atoms with Crippen molar-refractivity contribution < 1.29 is 0 Å². The summed E-state index contributed by atoms with van der Waals surface area (Å²) < 4.78 is 4.36. The Balaban J connectivity index is 1.42. The number of nitrogens with zero attached hydrogens (tertiary/aromatic N) is 5. The number of imidazole rings is 1. The Morgan fingerprint density at radius 3 is 2.59 bits per heavy atom. The minimum atomic E-state index is 0.801. The number of aromatic nitrogens is 4. The molecule has 0 bridgehead atoms. The van der Waals surface area contributed by atoms with Crippen molar-refractivity contribution >= 4 is 0 Å². The van der Waals surface area contributed by atoms with Crippen LogP contribution in [0.3, 0.4) is 0 Å². The van der Waals surface area contributed by atoms with E-state index in [1.807, 2.05) is 24.8 Å². The van der Waals surface area contributed by atoms with Crippen molar-refractivity contribution in [3.8, 4) is 11.3 Å². The fraction of sp³-hybridized carbons (Fsp3) is 0.455. The van der Waals surface area contributed by atoms with Gasteiger partial charge in [0.1, 0.15) is 0 Å². The molecule has 1 saturated heterocycles. The van der Waals surface area contributed by atoms with Crippen LogP contribution in [0.4, 0.5) is 0 Å². The lowest BCUT2D eigenvalue weighted by Crippen LogP contribution is -2.31. The van der Waals surface area contributed by atoms with Gasteiger partial charge in [-0.15, -0.1) is 0 Å². The molecule has 1 aliphatic rings. The van der Waals surface area contributed by atoms with Gasteiger partial charge < -0.3 is 9.47 Å². The van der Waals surface area contributed by atoms with Crippen molar-refractivity contribution in [3.63, 3.8) is 0 Å². The molecule has 5 heteroatoms. The Morgan fingerprint density at radius 1 is 0.963 bits per heavy atom. The summed E-state index contributed by atoms with van der Waals surface area (Å²) in [6.07, 6.45) is 11.2. The molecule has 0 unspecified atom stereocenters. The van der Waals surface area contributed by atoms with Crippen LogP contribution in [0.2, 0.25) is 0 Å². The Kier molecular flexibility index (Phi) is 5.68. The molecule has 0 N–H and O–H groups in total. The highest BCUT2D eigenvalue weighted by molar-refractivity contribution is 5.60. The molecule has 1 aromatic carbocycles. The van der Waals surface area contributed by atoms with Crippen LogP contribution < -0.4 is 0 Å². The second kappa shape index (κ2) is 8.53. The minimum absolute atomic E-state index is 0.801. The molecule has 5 nitrogen and oxygen atoms in total. The molecule has 4 rings (SSSR count). The van der Waals surface area contributed by atoms with Gasteiger partial charge in [0.25, 0.3) is 0 Å². The van der Waals surface area contributed by atoms with Gasteiger partial charge in [-0.25, -0.2) is 4.98 Å². The molecule has 0 saturated carbocycles. The van der Waals surface area contributed by atoms with Gasteiger partial charge in [0.15, 0.2) is 0 Å². The van der Waals surface area contributed by atoms with Gasteiger partial charge in [-0.1, -0.05) is 36.8 Å². The molecule has 0 aliphatic carbocycles. The van der Waals surface area contributed by atoms with Gasteiger partial charge in [0.05, 0.1) is 31.0 Å². The van der Waals surface area contributed by atoms with Gasteiger partial charge in [0.2, 0.25) is 0 Å². The first kappa shape index (κ1) is 18.0. The molecular weight excluding hydrogens is 334 g/mol. The van der Waals surface area contributed by atoms with E-state index in [0.717, 1.165) is 13.1 Å². The number of aryl methyl sites for hydroxylation is 1. The van der Waals surface area contributed by atoms with Gasteiger partial charge >= 0.3 is 0 Å². The standard InChI is InChI=1S/C22H29N5/c1-19-21(15-24-27(19)17-20-9-4-2-5-10-20)22-16-23-18-26(22)14-8-13-25-11-6-3-7-12-25/h2,4-5,9-10,15-16,18H,3,6-8,11-14,17H2,1H3. The van der Waals surface area contributed by atoms with Gasteiger partial charge in [-0.3, -0.25) is 4.68 Å². The summed E-state index contributed by atoms with van der Waals surface area (Å²) in [5.41, 5.74) is 4.81. The number of rotatable bonds is 7. The monoisotopic (exact) mass is 363 g/mol. The van der Waals surface area contributed by atoms with Crippen LogP contribution in [-0.2, 0) is 13.1 Å². The molecule has 1 fully saturated rings.